The zero-order valence-corrected chi connectivity index (χ0v) is 17.8. The number of piperidine rings is 1. The monoisotopic (exact) mass is 386 g/mol. The summed E-state index contributed by atoms with van der Waals surface area (Å²) in [6.07, 6.45) is 1.23. The smallest absolute Gasteiger partial charge is 0.406 e. The number of hydrogen-bond donors (Lipinski definition) is 1. The average Bonchev–Trinajstić information content (AvgIpc) is 3.17. The fraction of sp³-hybridized carbons (Fsp3) is 0.652. The number of fused-ring (bicyclic) bond motifs is 1. The van der Waals surface area contributed by atoms with E-state index in [1.807, 2.05) is 4.90 Å². The van der Waals surface area contributed by atoms with Gasteiger partial charge in [0.1, 0.15) is 0 Å². The molecule has 0 bridgehead atoms. The van der Waals surface area contributed by atoms with Crippen molar-refractivity contribution in [3.8, 4) is 0 Å². The highest BCUT2D eigenvalue weighted by atomic mass is 16.5. The van der Waals surface area contributed by atoms with Crippen molar-refractivity contribution < 1.29 is 14.3 Å². The summed E-state index contributed by atoms with van der Waals surface area (Å²) in [5.41, 5.74) is 2.95. The molecule has 1 saturated heterocycles. The van der Waals surface area contributed by atoms with Crippen LogP contribution in [0.1, 0.15) is 57.6 Å². The molecular weight excluding hydrogens is 352 g/mol. The minimum Gasteiger partial charge on any atom is -0.453 e. The summed E-state index contributed by atoms with van der Waals surface area (Å²) in [4.78, 5) is 26.3. The van der Waals surface area contributed by atoms with Crippen LogP contribution in [0.15, 0.2) is 24.3 Å². The predicted octanol–water partition coefficient (Wildman–Crippen LogP) is 3.93. The van der Waals surface area contributed by atoms with Crippen LogP contribution in [0.3, 0.4) is 0 Å². The highest BCUT2D eigenvalue weighted by Crippen LogP contribution is 2.58. The third kappa shape index (κ3) is 4.34. The molecule has 2 aliphatic rings. The van der Waals surface area contributed by atoms with Crippen LogP contribution in [-0.2, 0) is 14.9 Å². The second kappa shape index (κ2) is 8.14. The third-order valence-corrected chi connectivity index (χ3v) is 6.31. The number of carbonyl (C=O) groups is 2. The quantitative estimate of drug-likeness (QED) is 0.806. The largest absolute Gasteiger partial charge is 0.453 e. The van der Waals surface area contributed by atoms with E-state index in [4.69, 9.17) is 0 Å². The molecule has 1 aromatic carbocycles. The number of carbonyl (C=O) groups excluding carboxylic acids is 2. The molecule has 5 heteroatoms. The molecule has 0 aromatic heterocycles. The van der Waals surface area contributed by atoms with E-state index in [1.54, 1.807) is 0 Å². The number of ether oxygens (including phenoxy) is 1. The molecule has 154 valence electrons. The number of likely N-dealkylation sites (tertiary alicyclic amines) is 1. The second-order valence-corrected chi connectivity index (χ2v) is 9.33. The van der Waals surface area contributed by atoms with Gasteiger partial charge >= 0.3 is 6.09 Å². The summed E-state index contributed by atoms with van der Waals surface area (Å²) in [5.74, 6) is 1.76. The van der Waals surface area contributed by atoms with Gasteiger partial charge in [0.25, 0.3) is 0 Å². The topological polar surface area (TPSA) is 58.6 Å². The van der Waals surface area contributed by atoms with Crippen LogP contribution in [0.25, 0.3) is 0 Å². The summed E-state index contributed by atoms with van der Waals surface area (Å²) in [5, 5.41) is 2.69. The maximum Gasteiger partial charge on any atom is 0.406 e. The lowest BCUT2D eigenvalue weighted by molar-refractivity contribution is -0.135. The fourth-order valence-electron chi connectivity index (χ4n) is 4.61. The van der Waals surface area contributed by atoms with Crippen molar-refractivity contribution in [3.05, 3.63) is 35.4 Å². The van der Waals surface area contributed by atoms with E-state index < -0.39 is 6.09 Å². The van der Waals surface area contributed by atoms with Crippen molar-refractivity contribution in [2.75, 3.05) is 26.7 Å². The number of amides is 2. The Morgan fingerprint density at radius 2 is 1.93 bits per heavy atom. The summed E-state index contributed by atoms with van der Waals surface area (Å²) in [7, 11) is 1.34. The molecule has 1 aliphatic heterocycles. The molecule has 4 atom stereocenters. The molecule has 1 aromatic rings. The fourth-order valence-corrected chi connectivity index (χ4v) is 4.61. The molecule has 28 heavy (non-hydrogen) atoms. The zero-order valence-electron chi connectivity index (χ0n) is 17.8. The van der Waals surface area contributed by atoms with E-state index in [0.29, 0.717) is 24.3 Å². The van der Waals surface area contributed by atoms with Gasteiger partial charge in [0.05, 0.1) is 13.0 Å². The van der Waals surface area contributed by atoms with E-state index in [9.17, 15) is 9.59 Å². The van der Waals surface area contributed by atoms with Gasteiger partial charge in [-0.3, -0.25) is 4.79 Å². The van der Waals surface area contributed by atoms with E-state index >= 15 is 0 Å². The average molecular weight is 387 g/mol. The number of methoxy groups -OCH3 is 1. The predicted molar refractivity (Wildman–Crippen MR) is 110 cm³/mol. The van der Waals surface area contributed by atoms with E-state index in [2.05, 4.69) is 62.0 Å². The summed E-state index contributed by atoms with van der Waals surface area (Å²) in [6.45, 7) is 10.8. The number of nitrogens with one attached hydrogen (secondary N) is 1. The summed E-state index contributed by atoms with van der Waals surface area (Å²) in [6, 6.07) is 8.98. The molecular formula is C23H34N2O3. The van der Waals surface area contributed by atoms with Crippen LogP contribution in [0.4, 0.5) is 4.79 Å². The van der Waals surface area contributed by atoms with Crippen molar-refractivity contribution in [3.63, 3.8) is 0 Å². The number of nitrogens with zero attached hydrogens (tertiary/aromatic N) is 1. The van der Waals surface area contributed by atoms with E-state index in [-0.39, 0.29) is 17.2 Å². The van der Waals surface area contributed by atoms with Gasteiger partial charge in [0.2, 0.25) is 5.91 Å². The van der Waals surface area contributed by atoms with Crippen molar-refractivity contribution in [1.82, 2.24) is 10.2 Å². The molecule has 1 heterocycles. The molecule has 1 unspecified atom stereocenters. The molecule has 5 nitrogen and oxygen atoms in total. The number of alkyl carbamates (subject to hydrolysis) is 1. The number of rotatable bonds is 6. The lowest BCUT2D eigenvalue weighted by atomic mass is 9.85. The Hall–Kier alpha value is -2.04. The van der Waals surface area contributed by atoms with Gasteiger partial charge in [0.15, 0.2) is 0 Å². The van der Waals surface area contributed by atoms with Gasteiger partial charge in [-0.05, 0) is 40.7 Å². The van der Waals surface area contributed by atoms with Crippen LogP contribution < -0.4 is 5.32 Å². The number of benzene rings is 1. The highest BCUT2D eigenvalue weighted by Gasteiger charge is 2.57. The Balaban J connectivity index is 1.59. The van der Waals surface area contributed by atoms with Crippen molar-refractivity contribution in [2.24, 2.45) is 17.8 Å². The van der Waals surface area contributed by atoms with Crippen molar-refractivity contribution in [1.29, 1.82) is 0 Å². The Labute approximate surface area is 168 Å². The molecule has 1 N–H and O–H groups in total. The van der Waals surface area contributed by atoms with Crippen LogP contribution in [0, 0.1) is 17.8 Å². The standard InChI is InChI=1S/C23H34N2O3/c1-6-8-16(12-24-22(27)28-5)21(26)25-13-18-19(14-25)20(18)15-9-7-10-17(11-15)23(2,3)4/h7,9-11,16,18-20H,6,8,12-14H2,1-5H3,(H,24,27)/t16-,18-,19+,20?/m1/s1. The van der Waals surface area contributed by atoms with Crippen LogP contribution in [0.2, 0.25) is 0 Å². The van der Waals surface area contributed by atoms with Gasteiger partial charge in [-0.15, -0.1) is 0 Å². The maximum atomic E-state index is 13.0. The Bertz CT molecular complexity index is 713. The molecule has 3 rings (SSSR count). The van der Waals surface area contributed by atoms with Crippen molar-refractivity contribution >= 4 is 12.0 Å². The van der Waals surface area contributed by atoms with Gasteiger partial charge in [-0.25, -0.2) is 4.79 Å². The van der Waals surface area contributed by atoms with Gasteiger partial charge < -0.3 is 15.0 Å². The molecule has 2 amide bonds. The minimum atomic E-state index is -0.475. The molecule has 1 saturated carbocycles. The Morgan fingerprint density at radius 3 is 2.50 bits per heavy atom. The van der Waals surface area contributed by atoms with Crippen molar-refractivity contribution in [2.45, 2.75) is 51.9 Å². The first kappa shape index (κ1) is 20.7. The summed E-state index contributed by atoms with van der Waals surface area (Å²) >= 11 is 0. The third-order valence-electron chi connectivity index (χ3n) is 6.31. The SMILES string of the molecule is CCC[C@H](CNC(=O)OC)C(=O)N1C[C@@H]2C(c3cccc(C(C)(C)C)c3)[C@@H]2C1. The first-order chi connectivity index (χ1) is 13.3. The molecule has 1 aliphatic carbocycles. The van der Waals surface area contributed by atoms with E-state index in [1.165, 1.54) is 18.2 Å². The van der Waals surface area contributed by atoms with Crippen LogP contribution in [0.5, 0.6) is 0 Å². The van der Waals surface area contributed by atoms with Gasteiger partial charge in [-0.1, -0.05) is 58.4 Å². The highest BCUT2D eigenvalue weighted by molar-refractivity contribution is 5.80. The Morgan fingerprint density at radius 1 is 1.25 bits per heavy atom. The zero-order chi connectivity index (χ0) is 20.5. The summed E-state index contributed by atoms with van der Waals surface area (Å²) < 4.78 is 4.63. The molecule has 2 fully saturated rings. The van der Waals surface area contributed by atoms with Gasteiger partial charge in [0, 0.05) is 19.6 Å². The Kier molecular flexibility index (Phi) is 6.01. The minimum absolute atomic E-state index is 0.155. The first-order valence-corrected chi connectivity index (χ1v) is 10.5. The van der Waals surface area contributed by atoms with Crippen LogP contribution >= 0.6 is 0 Å². The van der Waals surface area contributed by atoms with Crippen LogP contribution in [-0.4, -0.2) is 43.6 Å². The maximum absolute atomic E-state index is 13.0. The molecule has 0 radical (unpaired) electrons. The lowest BCUT2D eigenvalue weighted by Gasteiger charge is -2.26. The van der Waals surface area contributed by atoms with Gasteiger partial charge in [-0.2, -0.15) is 0 Å². The molecule has 0 spiro atoms. The second-order valence-electron chi connectivity index (χ2n) is 9.33. The lowest BCUT2D eigenvalue weighted by Crippen LogP contribution is -2.41. The number of hydrogen-bond acceptors (Lipinski definition) is 3. The first-order valence-electron chi connectivity index (χ1n) is 10.5. The normalized spacial score (nSPS) is 24.5. The van der Waals surface area contributed by atoms with E-state index in [0.717, 1.165) is 25.9 Å².